The smallest absolute Gasteiger partial charge is 0.303 e. The lowest BCUT2D eigenvalue weighted by molar-refractivity contribution is -0.137. The van der Waals surface area contributed by atoms with Gasteiger partial charge < -0.3 is 37.1 Å². The fourth-order valence-corrected chi connectivity index (χ4v) is 3.83. The van der Waals surface area contributed by atoms with Crippen LogP contribution in [0.25, 0.3) is 0 Å². The second kappa shape index (κ2) is 22.5. The molecule has 41 heavy (non-hydrogen) atoms. The van der Waals surface area contributed by atoms with Crippen molar-refractivity contribution in [2.75, 3.05) is 45.9 Å². The van der Waals surface area contributed by atoms with Crippen molar-refractivity contribution in [2.24, 2.45) is 16.9 Å². The van der Waals surface area contributed by atoms with Crippen LogP contribution < -0.4 is 22.1 Å². The number of aryl methyl sites for hydroxylation is 1. The Bertz CT molecular complexity index is 858. The average Bonchev–Trinajstić information content (AvgIpc) is 3.49. The summed E-state index contributed by atoms with van der Waals surface area (Å²) < 4.78 is 5.26. The zero-order chi connectivity index (χ0) is 31.1. The van der Waals surface area contributed by atoms with Gasteiger partial charge in [0.15, 0.2) is 0 Å². The monoisotopic (exact) mass is 581 g/mol. The third-order valence-electron chi connectivity index (χ3n) is 6.07. The average molecular weight is 582 g/mol. The van der Waals surface area contributed by atoms with E-state index in [1.165, 1.54) is 25.9 Å². The second-order valence-electron chi connectivity index (χ2n) is 11.0. The van der Waals surface area contributed by atoms with Crippen LogP contribution in [0.2, 0.25) is 0 Å². The van der Waals surface area contributed by atoms with Crippen molar-refractivity contribution in [1.82, 2.24) is 15.5 Å². The van der Waals surface area contributed by atoms with Crippen LogP contribution in [0.3, 0.4) is 0 Å². The van der Waals surface area contributed by atoms with Crippen LogP contribution in [-0.2, 0) is 30.3 Å². The summed E-state index contributed by atoms with van der Waals surface area (Å²) in [6, 6.07) is 6.00. The molecule has 2 aliphatic rings. The number of phenolic OH excluding ortho intramolecular Hbond substituents is 1. The summed E-state index contributed by atoms with van der Waals surface area (Å²) in [7, 11) is 0. The van der Waals surface area contributed by atoms with Crippen LogP contribution in [0, 0.1) is 5.41 Å². The van der Waals surface area contributed by atoms with Crippen molar-refractivity contribution in [3.8, 4) is 5.75 Å². The summed E-state index contributed by atoms with van der Waals surface area (Å²) in [6.07, 6.45) is 5.90. The van der Waals surface area contributed by atoms with E-state index in [4.69, 9.17) is 20.4 Å². The number of benzene rings is 1. The van der Waals surface area contributed by atoms with Gasteiger partial charge in [0.05, 0.1) is 13.2 Å². The number of aliphatic carboxylic acids is 1. The molecule has 0 aromatic heterocycles. The molecule has 0 spiro atoms. The Morgan fingerprint density at radius 1 is 1.10 bits per heavy atom. The number of hydrogen-bond donors (Lipinski definition) is 6. The molecule has 0 aliphatic carbocycles. The number of aromatic hydroxyl groups is 1. The predicted octanol–water partition coefficient (Wildman–Crippen LogP) is 1.39. The standard InChI is InChI=1S/C16H23N3O4.C8H16O2.C4H9N.CH3NO/c17-16(22)14(11-19-7-9-23-10-8-19)18-15(21)6-3-12-1-4-13(20)5-2-12;1-8(2,3)6-4-5-7(9)10;1-2-4-5-3-1;2-1-3/h1-2,4-5,14,20H,3,6-11H2,(H2,17,22)(H,18,21);4-6H2,1-3H3,(H,9,10);5H,1-4H2;1H,(H2,2,3). The molecule has 2 aliphatic heterocycles. The second-order valence-corrected chi connectivity index (χ2v) is 11.0. The Balaban J connectivity index is 0.000000726. The maximum absolute atomic E-state index is 12.0. The molecule has 2 saturated heterocycles. The number of nitrogens with zero attached hydrogens (tertiary/aromatic N) is 1. The van der Waals surface area contributed by atoms with Crippen molar-refractivity contribution < 1.29 is 34.1 Å². The van der Waals surface area contributed by atoms with E-state index >= 15 is 0 Å². The molecule has 234 valence electrons. The number of rotatable bonds is 10. The summed E-state index contributed by atoms with van der Waals surface area (Å²) in [5.74, 6) is -1.24. The quantitative estimate of drug-likeness (QED) is 0.221. The van der Waals surface area contributed by atoms with Crippen LogP contribution in [0.5, 0.6) is 5.75 Å². The van der Waals surface area contributed by atoms with E-state index in [9.17, 15) is 19.5 Å². The molecular weight excluding hydrogens is 530 g/mol. The molecule has 1 atom stereocenters. The van der Waals surface area contributed by atoms with Crippen LogP contribution >= 0.6 is 0 Å². The molecule has 0 bridgehead atoms. The number of primary amides is 2. The van der Waals surface area contributed by atoms with E-state index in [-0.39, 0.29) is 29.9 Å². The first-order chi connectivity index (χ1) is 19.4. The Labute approximate surface area is 244 Å². The van der Waals surface area contributed by atoms with Crippen molar-refractivity contribution in [3.05, 3.63) is 29.8 Å². The van der Waals surface area contributed by atoms with E-state index in [0.29, 0.717) is 32.6 Å². The zero-order valence-corrected chi connectivity index (χ0v) is 24.9. The molecule has 2 fully saturated rings. The van der Waals surface area contributed by atoms with Gasteiger partial charge in [-0.15, -0.1) is 0 Å². The van der Waals surface area contributed by atoms with Crippen molar-refractivity contribution in [3.63, 3.8) is 0 Å². The number of phenols is 1. The van der Waals surface area contributed by atoms with Gasteiger partial charge in [0.2, 0.25) is 18.2 Å². The number of carbonyl (C=O) groups is 4. The molecule has 8 N–H and O–H groups in total. The number of morpholine rings is 1. The van der Waals surface area contributed by atoms with Gasteiger partial charge in [-0.25, -0.2) is 0 Å². The Morgan fingerprint density at radius 3 is 2.10 bits per heavy atom. The van der Waals surface area contributed by atoms with Crippen LogP contribution in [0.4, 0.5) is 0 Å². The molecule has 0 radical (unpaired) electrons. The van der Waals surface area contributed by atoms with Gasteiger partial charge in [0, 0.05) is 32.5 Å². The molecule has 12 heteroatoms. The van der Waals surface area contributed by atoms with Crippen LogP contribution in [0.15, 0.2) is 24.3 Å². The van der Waals surface area contributed by atoms with Gasteiger partial charge in [-0.05, 0) is 68.3 Å². The summed E-state index contributed by atoms with van der Waals surface area (Å²) in [6.45, 7) is 12.0. The van der Waals surface area contributed by atoms with E-state index in [1.807, 2.05) is 0 Å². The van der Waals surface area contributed by atoms with E-state index in [1.54, 1.807) is 24.3 Å². The highest BCUT2D eigenvalue weighted by molar-refractivity contribution is 5.86. The van der Waals surface area contributed by atoms with Gasteiger partial charge in [-0.1, -0.05) is 32.9 Å². The van der Waals surface area contributed by atoms with Gasteiger partial charge >= 0.3 is 5.97 Å². The third-order valence-corrected chi connectivity index (χ3v) is 6.07. The first-order valence-electron chi connectivity index (χ1n) is 14.1. The molecule has 3 rings (SSSR count). The highest BCUT2D eigenvalue weighted by atomic mass is 16.5. The molecule has 2 heterocycles. The molecule has 0 saturated carbocycles. The number of ether oxygens (including phenoxy) is 1. The van der Waals surface area contributed by atoms with Gasteiger partial charge in [-0.3, -0.25) is 24.1 Å². The first-order valence-corrected chi connectivity index (χ1v) is 14.1. The normalized spacial score (nSPS) is 15.4. The van der Waals surface area contributed by atoms with Crippen LogP contribution in [-0.4, -0.2) is 91.3 Å². The van der Waals surface area contributed by atoms with Crippen molar-refractivity contribution in [1.29, 1.82) is 0 Å². The van der Waals surface area contributed by atoms with Crippen molar-refractivity contribution >= 4 is 24.2 Å². The lowest BCUT2D eigenvalue weighted by Gasteiger charge is -2.29. The molecule has 1 aromatic rings. The zero-order valence-electron chi connectivity index (χ0n) is 24.9. The predicted molar refractivity (Wildman–Crippen MR) is 158 cm³/mol. The first kappa shape index (κ1) is 37.8. The lowest BCUT2D eigenvalue weighted by atomic mass is 9.90. The molecule has 1 unspecified atom stereocenters. The van der Waals surface area contributed by atoms with Gasteiger partial charge in [-0.2, -0.15) is 0 Å². The Kier molecular flexibility index (Phi) is 20.7. The number of carbonyl (C=O) groups excluding carboxylic acids is 3. The number of carboxylic acids is 1. The fraction of sp³-hybridized carbons (Fsp3) is 0.655. The topological polar surface area (TPSA) is 197 Å². The molecule has 12 nitrogen and oxygen atoms in total. The minimum atomic E-state index is -0.694. The van der Waals surface area contributed by atoms with E-state index in [0.717, 1.165) is 31.5 Å². The summed E-state index contributed by atoms with van der Waals surface area (Å²) in [4.78, 5) is 44.3. The minimum Gasteiger partial charge on any atom is -0.508 e. The van der Waals surface area contributed by atoms with Gasteiger partial charge in [0.1, 0.15) is 11.8 Å². The van der Waals surface area contributed by atoms with E-state index < -0.39 is 17.9 Å². The third kappa shape index (κ3) is 23.2. The van der Waals surface area contributed by atoms with Crippen molar-refractivity contribution in [2.45, 2.75) is 71.8 Å². The summed E-state index contributed by atoms with van der Waals surface area (Å²) in [5, 5.41) is 23.5. The lowest BCUT2D eigenvalue weighted by Crippen LogP contribution is -2.53. The SMILES string of the molecule is C1CCNC1.CC(C)(C)CCCC(=O)O.NC(=O)C(CN1CCOCC1)NC(=O)CCc1ccc(O)cc1.NC=O. The number of nitrogens with one attached hydrogen (secondary N) is 2. The highest BCUT2D eigenvalue weighted by Crippen LogP contribution is 2.21. The van der Waals surface area contributed by atoms with Gasteiger partial charge in [0.25, 0.3) is 0 Å². The Hall–Kier alpha value is -3.22. The van der Waals surface area contributed by atoms with Crippen LogP contribution in [0.1, 0.15) is 64.9 Å². The largest absolute Gasteiger partial charge is 0.508 e. The summed E-state index contributed by atoms with van der Waals surface area (Å²) >= 11 is 0. The molecule has 3 amide bonds. The number of amides is 3. The highest BCUT2D eigenvalue weighted by Gasteiger charge is 2.22. The minimum absolute atomic E-state index is 0.192. The van der Waals surface area contributed by atoms with E-state index in [2.05, 4.69) is 42.0 Å². The molecular formula is C29H51N5O7. The fourth-order valence-electron chi connectivity index (χ4n) is 3.83. The maximum atomic E-state index is 12.0. The Morgan fingerprint density at radius 2 is 1.66 bits per heavy atom. The molecule has 1 aromatic carbocycles. The number of nitrogens with two attached hydrogens (primary N) is 2. The number of hydrogen-bond acceptors (Lipinski definition) is 8. The maximum Gasteiger partial charge on any atom is 0.303 e. The number of carboxylic acid groups (broad SMARTS) is 1. The summed E-state index contributed by atoms with van der Waals surface area (Å²) in [5.41, 5.74) is 10.8.